The minimum Gasteiger partial charge on any atom is -0.462 e. The van der Waals surface area contributed by atoms with Crippen molar-refractivity contribution in [1.29, 1.82) is 0 Å². The molecule has 0 aliphatic heterocycles. The summed E-state index contributed by atoms with van der Waals surface area (Å²) in [5.41, 5.74) is 0. The summed E-state index contributed by atoms with van der Waals surface area (Å²) in [6.07, 6.45) is 67.2. The number of carbonyl (C=O) groups is 3. The zero-order valence-electron chi connectivity index (χ0n) is 41.8. The lowest BCUT2D eigenvalue weighted by molar-refractivity contribution is -0.166. The first-order valence-electron chi connectivity index (χ1n) is 26.6. The second kappa shape index (κ2) is 52.2. The first-order valence-corrected chi connectivity index (χ1v) is 26.6. The van der Waals surface area contributed by atoms with Gasteiger partial charge in [0, 0.05) is 19.3 Å². The highest BCUT2D eigenvalue weighted by Gasteiger charge is 2.19. The van der Waals surface area contributed by atoms with E-state index in [9.17, 15) is 14.4 Å². The van der Waals surface area contributed by atoms with Crippen molar-refractivity contribution < 1.29 is 28.6 Å². The van der Waals surface area contributed by atoms with E-state index in [0.29, 0.717) is 12.8 Å². The molecule has 0 aromatic carbocycles. The number of allylic oxidation sites excluding steroid dienone is 14. The molecule has 0 saturated heterocycles. The highest BCUT2D eigenvalue weighted by Crippen LogP contribution is 2.14. The van der Waals surface area contributed by atoms with Crippen LogP contribution in [0.5, 0.6) is 0 Å². The van der Waals surface area contributed by atoms with Crippen LogP contribution in [0, 0.1) is 0 Å². The Kier molecular flexibility index (Phi) is 49.4. The maximum absolute atomic E-state index is 12.8. The molecule has 0 aromatic heterocycles. The summed E-state index contributed by atoms with van der Waals surface area (Å²) < 4.78 is 16.7. The molecule has 0 amide bonds. The van der Waals surface area contributed by atoms with Gasteiger partial charge >= 0.3 is 17.9 Å². The largest absolute Gasteiger partial charge is 0.462 e. The Bertz CT molecular complexity index is 1250. The fourth-order valence-corrected chi connectivity index (χ4v) is 7.21. The molecule has 0 rings (SSSR count). The smallest absolute Gasteiger partial charge is 0.306 e. The maximum Gasteiger partial charge on any atom is 0.306 e. The molecule has 0 saturated carbocycles. The van der Waals surface area contributed by atoms with Gasteiger partial charge in [0.1, 0.15) is 13.2 Å². The quantitative estimate of drug-likeness (QED) is 0.0199. The molecule has 0 N–H and O–H groups in total. The molecule has 64 heavy (non-hydrogen) atoms. The molecule has 366 valence electrons. The van der Waals surface area contributed by atoms with Crippen LogP contribution in [0.4, 0.5) is 0 Å². The van der Waals surface area contributed by atoms with Crippen LogP contribution >= 0.6 is 0 Å². The Morgan fingerprint density at radius 3 is 1.19 bits per heavy atom. The normalized spacial score (nSPS) is 12.7. The molecular formula is C58H98O6. The lowest BCUT2D eigenvalue weighted by Crippen LogP contribution is -2.30. The van der Waals surface area contributed by atoms with Gasteiger partial charge in [0.05, 0.1) is 0 Å². The molecule has 0 heterocycles. The maximum atomic E-state index is 12.8. The lowest BCUT2D eigenvalue weighted by Gasteiger charge is -2.18. The summed E-state index contributed by atoms with van der Waals surface area (Å²) in [5, 5.41) is 0. The number of ether oxygens (including phenoxy) is 3. The van der Waals surface area contributed by atoms with E-state index in [4.69, 9.17) is 14.2 Å². The number of unbranched alkanes of at least 4 members (excludes halogenated alkanes) is 25. The molecule has 0 aliphatic rings. The summed E-state index contributed by atoms with van der Waals surface area (Å²) >= 11 is 0. The third-order valence-corrected chi connectivity index (χ3v) is 11.2. The molecule has 1 atom stereocenters. The second-order valence-corrected chi connectivity index (χ2v) is 17.5. The van der Waals surface area contributed by atoms with Crippen molar-refractivity contribution in [3.05, 3.63) is 85.1 Å². The van der Waals surface area contributed by atoms with Crippen LogP contribution < -0.4 is 0 Å². The standard InChI is InChI=1S/C58H98O6/c1-4-7-10-13-16-19-22-25-27-28-29-31-33-36-39-42-45-48-51-57(60)63-54-55(53-62-56(59)50-47-44-41-38-35-32-24-21-18-15-12-9-6-3)64-58(61)52-49-46-43-40-37-34-30-26-23-20-17-14-11-8-5-2/h8,11,14,17,20,23,26,29-32,35,41,44,55H,4-7,9-10,12-13,15-16,18-19,21-22,24-25,27-28,33-34,36-40,42-43,45-54H2,1-3H3/b11-8+,17-14+,23-20+,30-26+,31-29+,35-32+,44-41+. The Morgan fingerprint density at radius 1 is 0.344 bits per heavy atom. The van der Waals surface area contributed by atoms with Gasteiger partial charge in [0.2, 0.25) is 0 Å². The Morgan fingerprint density at radius 2 is 0.703 bits per heavy atom. The molecule has 0 spiro atoms. The SMILES string of the molecule is CC/C=C/C=C/C=C/C=C/CCCCCCCC(=O)OC(COC(=O)CC/C=C/C/C=C/CCCCCCCC)COC(=O)CCCCCCC/C=C/CCCCCCCCCCC. The molecule has 0 fully saturated rings. The predicted octanol–water partition coefficient (Wildman–Crippen LogP) is 17.6. The molecular weight excluding hydrogens is 793 g/mol. The number of rotatable bonds is 47. The van der Waals surface area contributed by atoms with Crippen LogP contribution in [0.15, 0.2) is 85.1 Å². The third-order valence-electron chi connectivity index (χ3n) is 11.2. The fourth-order valence-electron chi connectivity index (χ4n) is 7.21. The molecule has 0 bridgehead atoms. The average Bonchev–Trinajstić information content (AvgIpc) is 3.29. The minimum absolute atomic E-state index is 0.108. The Labute approximate surface area is 395 Å². The molecule has 0 aliphatic carbocycles. The number of hydrogen-bond acceptors (Lipinski definition) is 6. The first-order chi connectivity index (χ1) is 31.5. The van der Waals surface area contributed by atoms with Gasteiger partial charge in [-0.25, -0.2) is 0 Å². The van der Waals surface area contributed by atoms with Gasteiger partial charge in [0.25, 0.3) is 0 Å². The van der Waals surface area contributed by atoms with Crippen LogP contribution in [0.3, 0.4) is 0 Å². The highest BCUT2D eigenvalue weighted by molar-refractivity contribution is 5.71. The monoisotopic (exact) mass is 891 g/mol. The van der Waals surface area contributed by atoms with E-state index in [1.807, 2.05) is 30.4 Å². The summed E-state index contributed by atoms with van der Waals surface area (Å²) in [7, 11) is 0. The van der Waals surface area contributed by atoms with Gasteiger partial charge in [-0.05, 0) is 83.5 Å². The summed E-state index contributed by atoms with van der Waals surface area (Å²) in [6.45, 7) is 6.41. The van der Waals surface area contributed by atoms with Crippen molar-refractivity contribution in [3.63, 3.8) is 0 Å². The second-order valence-electron chi connectivity index (χ2n) is 17.5. The molecule has 6 nitrogen and oxygen atoms in total. The van der Waals surface area contributed by atoms with Crippen molar-refractivity contribution in [3.8, 4) is 0 Å². The summed E-state index contributed by atoms with van der Waals surface area (Å²) in [4.78, 5) is 38.0. The van der Waals surface area contributed by atoms with Gasteiger partial charge in [-0.15, -0.1) is 0 Å². The third kappa shape index (κ3) is 49.6. The van der Waals surface area contributed by atoms with E-state index in [1.165, 1.54) is 109 Å². The summed E-state index contributed by atoms with van der Waals surface area (Å²) in [5.74, 6) is -1.01. The first kappa shape index (κ1) is 60.6. The highest BCUT2D eigenvalue weighted by atomic mass is 16.6. The van der Waals surface area contributed by atoms with E-state index in [-0.39, 0.29) is 44.0 Å². The van der Waals surface area contributed by atoms with E-state index >= 15 is 0 Å². The molecule has 0 aromatic rings. The zero-order chi connectivity index (χ0) is 46.5. The van der Waals surface area contributed by atoms with Crippen LogP contribution in [0.2, 0.25) is 0 Å². The minimum atomic E-state index is -0.815. The Hall–Kier alpha value is -3.41. The lowest BCUT2D eigenvalue weighted by atomic mass is 10.1. The molecule has 1 unspecified atom stereocenters. The van der Waals surface area contributed by atoms with Gasteiger partial charge in [-0.3, -0.25) is 14.4 Å². The van der Waals surface area contributed by atoms with E-state index in [1.54, 1.807) is 0 Å². The number of carbonyl (C=O) groups excluding carboxylic acids is 3. The number of esters is 3. The van der Waals surface area contributed by atoms with Gasteiger partial charge in [-0.2, -0.15) is 0 Å². The summed E-state index contributed by atoms with van der Waals surface area (Å²) in [6, 6.07) is 0. The zero-order valence-corrected chi connectivity index (χ0v) is 41.8. The van der Waals surface area contributed by atoms with Crippen molar-refractivity contribution in [1.82, 2.24) is 0 Å². The van der Waals surface area contributed by atoms with Crippen molar-refractivity contribution in [2.45, 2.75) is 252 Å². The molecule has 6 heteroatoms. The number of hydrogen-bond donors (Lipinski definition) is 0. The fraction of sp³-hybridized carbons (Fsp3) is 0.707. The van der Waals surface area contributed by atoms with Crippen molar-refractivity contribution in [2.24, 2.45) is 0 Å². The predicted molar refractivity (Wildman–Crippen MR) is 274 cm³/mol. The van der Waals surface area contributed by atoms with E-state index in [0.717, 1.165) is 89.9 Å². The van der Waals surface area contributed by atoms with Crippen molar-refractivity contribution in [2.75, 3.05) is 13.2 Å². The van der Waals surface area contributed by atoms with E-state index < -0.39 is 6.10 Å². The Balaban J connectivity index is 4.47. The average molecular weight is 891 g/mol. The molecule has 0 radical (unpaired) electrons. The van der Waals surface area contributed by atoms with Crippen molar-refractivity contribution >= 4 is 17.9 Å². The van der Waals surface area contributed by atoms with Crippen LogP contribution in [0.25, 0.3) is 0 Å². The van der Waals surface area contributed by atoms with Crippen LogP contribution in [0.1, 0.15) is 245 Å². The van der Waals surface area contributed by atoms with E-state index in [2.05, 4.69) is 75.5 Å². The van der Waals surface area contributed by atoms with Crippen LogP contribution in [-0.2, 0) is 28.6 Å². The van der Waals surface area contributed by atoms with Gasteiger partial charge in [-0.1, -0.05) is 228 Å². The van der Waals surface area contributed by atoms with Gasteiger partial charge < -0.3 is 14.2 Å². The van der Waals surface area contributed by atoms with Gasteiger partial charge in [0.15, 0.2) is 6.10 Å². The van der Waals surface area contributed by atoms with Crippen LogP contribution in [-0.4, -0.2) is 37.2 Å². The topological polar surface area (TPSA) is 78.9 Å².